The van der Waals surface area contributed by atoms with Crippen LogP contribution in [0.25, 0.3) is 0 Å². The van der Waals surface area contributed by atoms with Crippen molar-refractivity contribution in [1.82, 2.24) is 5.32 Å². The van der Waals surface area contributed by atoms with E-state index in [0.29, 0.717) is 10.6 Å². The van der Waals surface area contributed by atoms with Crippen LogP contribution in [0, 0.1) is 11.3 Å². The van der Waals surface area contributed by atoms with E-state index < -0.39 is 17.6 Å². The van der Waals surface area contributed by atoms with Crippen LogP contribution in [0.1, 0.15) is 25.8 Å². The van der Waals surface area contributed by atoms with Crippen molar-refractivity contribution in [2.24, 2.45) is 0 Å². The lowest BCUT2D eigenvalue weighted by Gasteiger charge is -2.26. The standard InChI is InChI=1S/C13H15ClN2O2/c1-3-13(18,12(17)16-9(2)8-15)10-5-4-6-11(14)7-10/h4-7,9,18H,3H2,1-2H3,(H,16,17)/t9-,13+/m1/s1. The van der Waals surface area contributed by atoms with Gasteiger partial charge in [0.1, 0.15) is 6.04 Å². The fourth-order valence-corrected chi connectivity index (χ4v) is 1.78. The summed E-state index contributed by atoms with van der Waals surface area (Å²) in [4.78, 5) is 12.0. The number of halogens is 1. The fourth-order valence-electron chi connectivity index (χ4n) is 1.59. The molecule has 0 bridgehead atoms. The molecule has 0 aliphatic carbocycles. The van der Waals surface area contributed by atoms with E-state index in [9.17, 15) is 9.90 Å². The van der Waals surface area contributed by atoms with E-state index in [1.165, 1.54) is 0 Å². The summed E-state index contributed by atoms with van der Waals surface area (Å²) in [5.41, 5.74) is -1.25. The van der Waals surface area contributed by atoms with Crippen molar-refractivity contribution in [2.75, 3.05) is 0 Å². The number of nitrogens with one attached hydrogen (secondary N) is 1. The Balaban J connectivity index is 3.06. The van der Waals surface area contributed by atoms with Gasteiger partial charge >= 0.3 is 0 Å². The molecular weight excluding hydrogens is 252 g/mol. The molecule has 2 atom stereocenters. The molecular formula is C13H15ClN2O2. The Hall–Kier alpha value is -1.57. The lowest BCUT2D eigenvalue weighted by atomic mass is 9.90. The molecule has 0 aliphatic rings. The third kappa shape index (κ3) is 3.00. The molecule has 1 aromatic carbocycles. The van der Waals surface area contributed by atoms with Crippen molar-refractivity contribution >= 4 is 17.5 Å². The van der Waals surface area contributed by atoms with Crippen molar-refractivity contribution in [2.45, 2.75) is 31.9 Å². The van der Waals surface area contributed by atoms with Gasteiger partial charge in [0.15, 0.2) is 5.60 Å². The number of rotatable bonds is 4. The quantitative estimate of drug-likeness (QED) is 0.875. The zero-order chi connectivity index (χ0) is 13.8. The van der Waals surface area contributed by atoms with Crippen LogP contribution in [-0.2, 0) is 10.4 Å². The second-order valence-corrected chi connectivity index (χ2v) is 4.48. The number of nitrogens with zero attached hydrogens (tertiary/aromatic N) is 1. The second kappa shape index (κ2) is 5.85. The highest BCUT2D eigenvalue weighted by Crippen LogP contribution is 2.27. The molecule has 0 aromatic heterocycles. The predicted octanol–water partition coefficient (Wildman–Crippen LogP) is 1.97. The van der Waals surface area contributed by atoms with Crippen molar-refractivity contribution in [3.05, 3.63) is 34.9 Å². The van der Waals surface area contributed by atoms with Crippen LogP contribution >= 0.6 is 11.6 Å². The van der Waals surface area contributed by atoms with E-state index in [1.807, 2.05) is 6.07 Å². The summed E-state index contributed by atoms with van der Waals surface area (Å²) in [5, 5.41) is 22.0. The van der Waals surface area contributed by atoms with Gasteiger partial charge in [-0.05, 0) is 31.0 Å². The van der Waals surface area contributed by atoms with E-state index in [2.05, 4.69) is 5.32 Å². The van der Waals surface area contributed by atoms with Crippen molar-refractivity contribution < 1.29 is 9.90 Å². The summed E-state index contributed by atoms with van der Waals surface area (Å²) in [6.45, 7) is 3.24. The molecule has 1 rings (SSSR count). The predicted molar refractivity (Wildman–Crippen MR) is 68.9 cm³/mol. The molecule has 1 aromatic rings. The van der Waals surface area contributed by atoms with Gasteiger partial charge < -0.3 is 10.4 Å². The van der Waals surface area contributed by atoms with Crippen LogP contribution in [0.5, 0.6) is 0 Å². The Morgan fingerprint density at radius 2 is 2.33 bits per heavy atom. The van der Waals surface area contributed by atoms with Crippen molar-refractivity contribution in [1.29, 1.82) is 5.26 Å². The number of hydrogen-bond acceptors (Lipinski definition) is 3. The molecule has 1 amide bonds. The number of carbonyl (C=O) groups excluding carboxylic acids is 1. The Morgan fingerprint density at radius 1 is 1.67 bits per heavy atom. The summed E-state index contributed by atoms with van der Waals surface area (Å²) < 4.78 is 0. The summed E-state index contributed by atoms with van der Waals surface area (Å²) in [7, 11) is 0. The van der Waals surface area contributed by atoms with E-state index in [-0.39, 0.29) is 6.42 Å². The SMILES string of the molecule is CC[C@@](O)(C(=O)N[C@H](C)C#N)c1cccc(Cl)c1. The number of amides is 1. The van der Waals surface area contributed by atoms with E-state index in [4.69, 9.17) is 16.9 Å². The Kier molecular flexibility index (Phi) is 4.71. The van der Waals surface area contributed by atoms with E-state index in [0.717, 1.165) is 0 Å². The smallest absolute Gasteiger partial charge is 0.257 e. The third-order valence-corrected chi connectivity index (χ3v) is 2.97. The van der Waals surface area contributed by atoms with Gasteiger partial charge in [-0.25, -0.2) is 0 Å². The lowest BCUT2D eigenvalue weighted by molar-refractivity contribution is -0.141. The summed E-state index contributed by atoms with van der Waals surface area (Å²) in [6.07, 6.45) is 0.192. The normalized spacial score (nSPS) is 15.3. The van der Waals surface area contributed by atoms with E-state index >= 15 is 0 Å². The van der Waals surface area contributed by atoms with Gasteiger partial charge in [0.25, 0.3) is 5.91 Å². The molecule has 5 heteroatoms. The summed E-state index contributed by atoms with van der Waals surface area (Å²) >= 11 is 5.85. The van der Waals surface area contributed by atoms with Gasteiger partial charge in [0.05, 0.1) is 6.07 Å². The molecule has 0 heterocycles. The van der Waals surface area contributed by atoms with Crippen LogP contribution in [0.15, 0.2) is 24.3 Å². The molecule has 0 saturated carbocycles. The summed E-state index contributed by atoms with van der Waals surface area (Å²) in [6, 6.07) is 7.73. The minimum absolute atomic E-state index is 0.192. The number of nitriles is 1. The zero-order valence-electron chi connectivity index (χ0n) is 10.3. The first kappa shape index (κ1) is 14.5. The van der Waals surface area contributed by atoms with E-state index in [1.54, 1.807) is 38.1 Å². The highest BCUT2D eigenvalue weighted by atomic mass is 35.5. The number of benzene rings is 1. The highest BCUT2D eigenvalue weighted by Gasteiger charge is 2.36. The number of aliphatic hydroxyl groups is 1. The molecule has 96 valence electrons. The monoisotopic (exact) mass is 266 g/mol. The number of hydrogen-bond donors (Lipinski definition) is 2. The van der Waals surface area contributed by atoms with Crippen LogP contribution in [0.2, 0.25) is 5.02 Å². The summed E-state index contributed by atoms with van der Waals surface area (Å²) in [5.74, 6) is -0.596. The second-order valence-electron chi connectivity index (χ2n) is 4.05. The molecule has 0 radical (unpaired) electrons. The van der Waals surface area contributed by atoms with Crippen LogP contribution in [0.3, 0.4) is 0 Å². The van der Waals surface area contributed by atoms with Gasteiger partial charge in [-0.15, -0.1) is 0 Å². The first-order chi connectivity index (χ1) is 8.43. The number of carbonyl (C=O) groups is 1. The Labute approximate surface area is 111 Å². The Bertz CT molecular complexity index is 484. The molecule has 2 N–H and O–H groups in total. The average molecular weight is 267 g/mol. The molecule has 0 fully saturated rings. The molecule has 4 nitrogen and oxygen atoms in total. The largest absolute Gasteiger partial charge is 0.375 e. The maximum absolute atomic E-state index is 12.0. The molecule has 0 unspecified atom stereocenters. The lowest BCUT2D eigenvalue weighted by Crippen LogP contribution is -2.47. The first-order valence-corrected chi connectivity index (χ1v) is 6.01. The van der Waals surface area contributed by atoms with Gasteiger partial charge in [-0.2, -0.15) is 5.26 Å². The average Bonchev–Trinajstić information content (AvgIpc) is 2.37. The van der Waals surface area contributed by atoms with Crippen LogP contribution in [-0.4, -0.2) is 17.1 Å². The topological polar surface area (TPSA) is 73.1 Å². The van der Waals surface area contributed by atoms with Gasteiger partial charge in [-0.1, -0.05) is 30.7 Å². The zero-order valence-corrected chi connectivity index (χ0v) is 11.0. The van der Waals surface area contributed by atoms with Gasteiger partial charge in [-0.3, -0.25) is 4.79 Å². The van der Waals surface area contributed by atoms with Crippen molar-refractivity contribution in [3.8, 4) is 6.07 Å². The molecule has 0 saturated heterocycles. The van der Waals surface area contributed by atoms with Crippen molar-refractivity contribution in [3.63, 3.8) is 0 Å². The maximum atomic E-state index is 12.0. The molecule has 0 spiro atoms. The highest BCUT2D eigenvalue weighted by molar-refractivity contribution is 6.30. The fraction of sp³-hybridized carbons (Fsp3) is 0.385. The minimum atomic E-state index is -1.67. The van der Waals surface area contributed by atoms with Gasteiger partial charge in [0.2, 0.25) is 0 Å². The van der Waals surface area contributed by atoms with Crippen LogP contribution < -0.4 is 5.32 Å². The first-order valence-electron chi connectivity index (χ1n) is 5.63. The van der Waals surface area contributed by atoms with Crippen LogP contribution in [0.4, 0.5) is 0 Å². The third-order valence-electron chi connectivity index (χ3n) is 2.73. The Morgan fingerprint density at radius 3 is 2.83 bits per heavy atom. The van der Waals surface area contributed by atoms with Gasteiger partial charge in [0, 0.05) is 5.02 Å². The minimum Gasteiger partial charge on any atom is -0.375 e. The maximum Gasteiger partial charge on any atom is 0.257 e. The molecule has 0 aliphatic heterocycles. The molecule has 18 heavy (non-hydrogen) atoms.